The number of phosphoric ester groups is 2. The third-order valence-corrected chi connectivity index (χ3v) is 21.2. The predicted molar refractivity (Wildman–Crippen MR) is 418 cm³/mol. The molecule has 5 atom stereocenters. The van der Waals surface area contributed by atoms with E-state index in [1.807, 2.05) is 0 Å². The van der Waals surface area contributed by atoms with Crippen LogP contribution in [0, 0.1) is 23.7 Å². The van der Waals surface area contributed by atoms with Crippen LogP contribution < -0.4 is 0 Å². The normalized spacial score (nSPS) is 14.0. The molecular weight excluding hydrogens is 1330 g/mol. The van der Waals surface area contributed by atoms with Crippen molar-refractivity contribution in [1.82, 2.24) is 0 Å². The molecule has 0 saturated heterocycles. The maximum atomic E-state index is 13.1. The van der Waals surface area contributed by atoms with E-state index < -0.39 is 97.5 Å². The van der Waals surface area contributed by atoms with Gasteiger partial charge in [-0.1, -0.05) is 376 Å². The maximum absolute atomic E-state index is 13.1. The molecule has 17 nitrogen and oxygen atoms in total. The Bertz CT molecular complexity index is 1990. The summed E-state index contributed by atoms with van der Waals surface area (Å²) in [5.74, 6) is 0.930. The van der Waals surface area contributed by atoms with Crippen molar-refractivity contribution in [1.29, 1.82) is 0 Å². The fourth-order valence-electron chi connectivity index (χ4n) is 12.8. The zero-order valence-corrected chi connectivity index (χ0v) is 69.0. The van der Waals surface area contributed by atoms with Crippen molar-refractivity contribution >= 4 is 39.5 Å². The number of hydrogen-bond acceptors (Lipinski definition) is 15. The van der Waals surface area contributed by atoms with Crippen molar-refractivity contribution in [3.05, 3.63) is 0 Å². The highest BCUT2D eigenvalue weighted by Gasteiger charge is 2.30. The quantitative estimate of drug-likeness (QED) is 0.0222. The molecule has 0 aromatic heterocycles. The Kier molecular flexibility index (Phi) is 70.6. The highest BCUT2D eigenvalue weighted by Crippen LogP contribution is 2.45. The number of phosphoric acid groups is 2. The molecule has 0 amide bonds. The Morgan fingerprint density at radius 2 is 0.412 bits per heavy atom. The Morgan fingerprint density at radius 1 is 0.245 bits per heavy atom. The molecule has 0 radical (unpaired) electrons. The van der Waals surface area contributed by atoms with Gasteiger partial charge in [0, 0.05) is 25.7 Å². The molecule has 0 saturated carbocycles. The average Bonchev–Trinajstić information content (AvgIpc) is 0.999. The summed E-state index contributed by atoms with van der Waals surface area (Å²) < 4.78 is 68.7. The summed E-state index contributed by atoms with van der Waals surface area (Å²) in [5.41, 5.74) is 0. The van der Waals surface area contributed by atoms with Crippen LogP contribution in [0.3, 0.4) is 0 Å². The van der Waals surface area contributed by atoms with Crippen LogP contribution in [0.2, 0.25) is 0 Å². The number of unbranched alkanes of at least 4 members (excludes halogenated alkanes) is 46. The summed E-state index contributed by atoms with van der Waals surface area (Å²) in [4.78, 5) is 73.0. The second-order valence-electron chi connectivity index (χ2n) is 31.8. The van der Waals surface area contributed by atoms with Gasteiger partial charge in [-0.3, -0.25) is 37.3 Å². The molecule has 0 aromatic rings. The number of hydrogen-bond donors (Lipinski definition) is 3. The first-order chi connectivity index (χ1) is 49.1. The molecular formula is C83H162O17P2. The van der Waals surface area contributed by atoms with Gasteiger partial charge in [0.05, 0.1) is 26.4 Å². The summed E-state index contributed by atoms with van der Waals surface area (Å²) in [6.45, 7) is 14.2. The predicted octanol–water partition coefficient (Wildman–Crippen LogP) is 24.8. The molecule has 3 unspecified atom stereocenters. The van der Waals surface area contributed by atoms with Crippen LogP contribution in [0.4, 0.5) is 0 Å². The van der Waals surface area contributed by atoms with Gasteiger partial charge < -0.3 is 33.8 Å². The smallest absolute Gasteiger partial charge is 0.462 e. The third kappa shape index (κ3) is 76.3. The molecule has 0 aliphatic rings. The lowest BCUT2D eigenvalue weighted by Crippen LogP contribution is -2.30. The first kappa shape index (κ1) is 100. The standard InChI is InChI=1S/C83H162O17P2/c1-73(2)59-51-43-35-29-25-21-17-13-9-11-15-19-23-27-31-39-49-57-65-82(87)99-78(69-93-80(85)63-55-47-38-34-33-37-45-53-61-75(5)6)71-97-101(89,90)95-67-77(84)68-96-102(91,92)98-72-79(70-94-81(86)64-56-48-42-41-46-54-62-76(7)8)100-83(88)66-58-50-40-32-28-24-20-16-12-10-14-18-22-26-30-36-44-52-60-74(3)4/h73-79,84H,9-72H2,1-8H3,(H,89,90)(H,91,92)/t77?,78-,79-/m1/s1. The Morgan fingerprint density at radius 3 is 0.608 bits per heavy atom. The number of ether oxygens (including phenoxy) is 4. The number of rotatable bonds is 80. The van der Waals surface area contributed by atoms with Crippen LogP contribution in [0.5, 0.6) is 0 Å². The van der Waals surface area contributed by atoms with Crippen molar-refractivity contribution in [2.24, 2.45) is 23.7 Å². The lowest BCUT2D eigenvalue weighted by Gasteiger charge is -2.21. The van der Waals surface area contributed by atoms with E-state index in [9.17, 15) is 43.2 Å². The van der Waals surface area contributed by atoms with E-state index in [4.69, 9.17) is 37.0 Å². The minimum atomic E-state index is -4.96. The summed E-state index contributed by atoms with van der Waals surface area (Å²) in [7, 11) is -9.92. The highest BCUT2D eigenvalue weighted by atomic mass is 31.2. The van der Waals surface area contributed by atoms with E-state index >= 15 is 0 Å². The monoisotopic (exact) mass is 1490 g/mol. The van der Waals surface area contributed by atoms with Gasteiger partial charge in [0.1, 0.15) is 19.3 Å². The first-order valence-electron chi connectivity index (χ1n) is 42.7. The highest BCUT2D eigenvalue weighted by molar-refractivity contribution is 7.47. The van der Waals surface area contributed by atoms with E-state index in [-0.39, 0.29) is 25.7 Å². The number of carbonyl (C=O) groups excluding carboxylic acids is 4. The van der Waals surface area contributed by atoms with Crippen LogP contribution in [-0.4, -0.2) is 96.7 Å². The molecule has 102 heavy (non-hydrogen) atoms. The van der Waals surface area contributed by atoms with E-state index in [0.717, 1.165) is 114 Å². The van der Waals surface area contributed by atoms with Crippen molar-refractivity contribution in [3.8, 4) is 0 Å². The molecule has 606 valence electrons. The van der Waals surface area contributed by atoms with Crippen molar-refractivity contribution in [2.75, 3.05) is 39.6 Å². The molecule has 19 heteroatoms. The number of esters is 4. The fourth-order valence-corrected chi connectivity index (χ4v) is 14.4. The van der Waals surface area contributed by atoms with Crippen molar-refractivity contribution in [3.63, 3.8) is 0 Å². The maximum Gasteiger partial charge on any atom is 0.472 e. The number of aliphatic hydroxyl groups excluding tert-OH is 1. The topological polar surface area (TPSA) is 237 Å². The van der Waals surface area contributed by atoms with Gasteiger partial charge in [-0.15, -0.1) is 0 Å². The van der Waals surface area contributed by atoms with Gasteiger partial charge >= 0.3 is 39.5 Å². The lowest BCUT2D eigenvalue weighted by molar-refractivity contribution is -0.161. The molecule has 0 aromatic carbocycles. The summed E-state index contributed by atoms with van der Waals surface area (Å²) in [6.07, 6.45) is 60.1. The van der Waals surface area contributed by atoms with Gasteiger partial charge in [0.2, 0.25) is 0 Å². The molecule has 0 aliphatic carbocycles. The molecule has 0 heterocycles. The molecule has 0 fully saturated rings. The van der Waals surface area contributed by atoms with Crippen molar-refractivity contribution < 1.29 is 80.2 Å². The molecule has 0 aliphatic heterocycles. The van der Waals surface area contributed by atoms with E-state index in [2.05, 4.69) is 55.4 Å². The largest absolute Gasteiger partial charge is 0.472 e. The first-order valence-corrected chi connectivity index (χ1v) is 45.7. The Hall–Kier alpha value is -1.94. The van der Waals surface area contributed by atoms with Gasteiger partial charge in [-0.25, -0.2) is 9.13 Å². The van der Waals surface area contributed by atoms with Crippen LogP contribution in [-0.2, 0) is 65.4 Å². The zero-order chi connectivity index (χ0) is 75.3. The van der Waals surface area contributed by atoms with Crippen LogP contribution >= 0.6 is 15.6 Å². The average molecular weight is 1490 g/mol. The molecule has 0 rings (SSSR count). The number of aliphatic hydroxyl groups is 1. The van der Waals surface area contributed by atoms with Gasteiger partial charge in [-0.2, -0.15) is 0 Å². The van der Waals surface area contributed by atoms with Crippen molar-refractivity contribution in [2.45, 2.75) is 446 Å². The third-order valence-electron chi connectivity index (χ3n) is 19.3. The zero-order valence-electron chi connectivity index (χ0n) is 67.2. The summed E-state index contributed by atoms with van der Waals surface area (Å²) in [6, 6.07) is 0. The minimum absolute atomic E-state index is 0.107. The lowest BCUT2D eigenvalue weighted by atomic mass is 10.0. The van der Waals surface area contributed by atoms with E-state index in [1.165, 1.54) is 225 Å². The molecule has 3 N–H and O–H groups in total. The number of carbonyl (C=O) groups is 4. The Balaban J connectivity index is 5.14. The fraction of sp³-hybridized carbons (Fsp3) is 0.952. The minimum Gasteiger partial charge on any atom is -0.462 e. The second-order valence-corrected chi connectivity index (χ2v) is 34.7. The SMILES string of the molecule is CC(C)CCCCCCCCCCCCCCCCCCCCC(=O)O[C@H](COC(=O)CCCCCCCCCCC(C)C)COP(=O)(O)OCC(O)COP(=O)(O)OC[C@@H](COC(=O)CCCCCCCCC(C)C)OC(=O)CCCCCCCCCCCCCCCCCCCCC(C)C. The second kappa shape index (κ2) is 72.0. The van der Waals surface area contributed by atoms with Crippen LogP contribution in [0.25, 0.3) is 0 Å². The Labute approximate surface area is 626 Å². The molecule has 0 spiro atoms. The van der Waals surface area contributed by atoms with Gasteiger partial charge in [-0.05, 0) is 49.4 Å². The van der Waals surface area contributed by atoms with Gasteiger partial charge in [0.15, 0.2) is 12.2 Å². The molecule has 0 bridgehead atoms. The van der Waals surface area contributed by atoms with E-state index in [1.54, 1.807) is 0 Å². The summed E-state index contributed by atoms with van der Waals surface area (Å²) in [5, 5.41) is 10.6. The van der Waals surface area contributed by atoms with E-state index in [0.29, 0.717) is 31.6 Å². The van der Waals surface area contributed by atoms with Crippen LogP contribution in [0.1, 0.15) is 428 Å². The van der Waals surface area contributed by atoms with Crippen LogP contribution in [0.15, 0.2) is 0 Å². The van der Waals surface area contributed by atoms with Gasteiger partial charge in [0.25, 0.3) is 0 Å². The summed E-state index contributed by atoms with van der Waals surface area (Å²) >= 11 is 0.